The van der Waals surface area contributed by atoms with Crippen molar-refractivity contribution in [2.75, 3.05) is 0 Å². The molecule has 0 aliphatic carbocycles. The van der Waals surface area contributed by atoms with Crippen LogP contribution in [0.2, 0.25) is 0 Å². The van der Waals surface area contributed by atoms with Gasteiger partial charge >= 0.3 is 0 Å². The summed E-state index contributed by atoms with van der Waals surface area (Å²) in [5.74, 6) is 0.317. The second kappa shape index (κ2) is 6.54. The van der Waals surface area contributed by atoms with E-state index in [9.17, 15) is 9.18 Å². The fraction of sp³-hybridized carbons (Fsp3) is 0.286. The Kier molecular flexibility index (Phi) is 4.99. The van der Waals surface area contributed by atoms with Crippen LogP contribution in [0.4, 0.5) is 4.39 Å². The molecule has 0 aliphatic rings. The Morgan fingerprint density at radius 1 is 1.45 bits per heavy atom. The summed E-state index contributed by atoms with van der Waals surface area (Å²) in [6, 6.07) is 6.65. The average molecular weight is 357 g/mol. The highest BCUT2D eigenvalue weighted by Gasteiger charge is 2.09. The monoisotopic (exact) mass is 356 g/mol. The SMILES string of the molecule is CC(C)c1cc(=O)[nH]c(SCc2cccc(Br)c2F)n1. The summed E-state index contributed by atoms with van der Waals surface area (Å²) >= 11 is 4.47. The lowest BCUT2D eigenvalue weighted by Crippen LogP contribution is -2.10. The molecule has 0 atom stereocenters. The van der Waals surface area contributed by atoms with Crippen molar-refractivity contribution in [1.82, 2.24) is 9.97 Å². The van der Waals surface area contributed by atoms with Gasteiger partial charge in [-0.2, -0.15) is 0 Å². The number of benzene rings is 1. The number of hydrogen-bond acceptors (Lipinski definition) is 3. The van der Waals surface area contributed by atoms with Gasteiger partial charge in [-0.1, -0.05) is 37.7 Å². The summed E-state index contributed by atoms with van der Waals surface area (Å²) in [7, 11) is 0. The average Bonchev–Trinajstić information content (AvgIpc) is 2.40. The summed E-state index contributed by atoms with van der Waals surface area (Å²) < 4.78 is 14.3. The molecule has 6 heteroatoms. The Morgan fingerprint density at radius 3 is 2.90 bits per heavy atom. The minimum Gasteiger partial charge on any atom is -0.301 e. The topological polar surface area (TPSA) is 45.8 Å². The number of aromatic nitrogens is 2. The standard InChI is InChI=1S/C14H14BrFN2OS/c1-8(2)11-6-12(19)18-14(17-11)20-7-9-4-3-5-10(15)13(9)16/h3-6,8H,7H2,1-2H3,(H,17,18,19). The number of hydrogen-bond donors (Lipinski definition) is 1. The van der Waals surface area contributed by atoms with Crippen molar-refractivity contribution in [2.24, 2.45) is 0 Å². The highest BCUT2D eigenvalue weighted by atomic mass is 79.9. The summed E-state index contributed by atoms with van der Waals surface area (Å²) in [5, 5.41) is 0.514. The van der Waals surface area contributed by atoms with Crippen molar-refractivity contribution in [1.29, 1.82) is 0 Å². The summed E-state index contributed by atoms with van der Waals surface area (Å²) in [5.41, 5.74) is 1.13. The van der Waals surface area contributed by atoms with Gasteiger partial charge in [0.25, 0.3) is 5.56 Å². The van der Waals surface area contributed by atoms with Crippen molar-refractivity contribution in [3.05, 3.63) is 56.2 Å². The fourth-order valence-electron chi connectivity index (χ4n) is 1.62. The zero-order chi connectivity index (χ0) is 14.7. The van der Waals surface area contributed by atoms with Gasteiger partial charge in [-0.3, -0.25) is 4.79 Å². The van der Waals surface area contributed by atoms with Gasteiger partial charge in [0.2, 0.25) is 0 Å². The molecule has 20 heavy (non-hydrogen) atoms. The first-order chi connectivity index (χ1) is 9.47. The second-order valence-corrected chi connectivity index (χ2v) is 6.45. The number of H-pyrrole nitrogens is 1. The van der Waals surface area contributed by atoms with Crippen LogP contribution in [0, 0.1) is 5.82 Å². The van der Waals surface area contributed by atoms with E-state index in [-0.39, 0.29) is 17.3 Å². The number of aromatic amines is 1. The molecule has 1 heterocycles. The molecule has 0 unspecified atom stereocenters. The van der Waals surface area contributed by atoms with E-state index < -0.39 is 0 Å². The molecule has 1 aromatic heterocycles. The van der Waals surface area contributed by atoms with E-state index >= 15 is 0 Å². The van der Waals surface area contributed by atoms with Crippen molar-refractivity contribution < 1.29 is 4.39 Å². The van der Waals surface area contributed by atoms with Gasteiger partial charge in [-0.05, 0) is 33.5 Å². The molecule has 0 spiro atoms. The first-order valence-electron chi connectivity index (χ1n) is 6.14. The molecule has 0 fully saturated rings. The molecule has 0 saturated carbocycles. The van der Waals surface area contributed by atoms with Crippen LogP contribution >= 0.6 is 27.7 Å². The normalized spacial score (nSPS) is 11.1. The predicted octanol–water partition coefficient (Wildman–Crippen LogP) is 4.09. The Labute approximate surface area is 129 Å². The number of thioether (sulfide) groups is 1. The highest BCUT2D eigenvalue weighted by Crippen LogP contribution is 2.25. The van der Waals surface area contributed by atoms with Crippen LogP contribution in [0.5, 0.6) is 0 Å². The van der Waals surface area contributed by atoms with E-state index in [1.807, 2.05) is 13.8 Å². The molecule has 0 aliphatic heterocycles. The fourth-order valence-corrected chi connectivity index (χ4v) is 2.89. The second-order valence-electron chi connectivity index (χ2n) is 4.63. The zero-order valence-corrected chi connectivity index (χ0v) is 13.5. The molecular weight excluding hydrogens is 343 g/mol. The van der Waals surface area contributed by atoms with Crippen molar-refractivity contribution in [3.63, 3.8) is 0 Å². The molecule has 1 aromatic carbocycles. The smallest absolute Gasteiger partial charge is 0.251 e. The van der Waals surface area contributed by atoms with Crippen molar-refractivity contribution in [2.45, 2.75) is 30.7 Å². The van der Waals surface area contributed by atoms with Crippen LogP contribution in [0.25, 0.3) is 0 Å². The molecule has 0 bridgehead atoms. The van der Waals surface area contributed by atoms with Crippen LogP contribution in [0.15, 0.2) is 38.7 Å². The third-order valence-corrected chi connectivity index (χ3v) is 4.26. The molecule has 0 saturated heterocycles. The quantitative estimate of drug-likeness (QED) is 0.662. The number of halogens is 2. The molecule has 1 N–H and O–H groups in total. The largest absolute Gasteiger partial charge is 0.301 e. The molecule has 106 valence electrons. The minimum absolute atomic E-state index is 0.180. The van der Waals surface area contributed by atoms with Crippen LogP contribution in [0.3, 0.4) is 0 Å². The van der Waals surface area contributed by atoms with E-state index in [4.69, 9.17) is 0 Å². The lowest BCUT2D eigenvalue weighted by molar-refractivity contribution is 0.610. The number of nitrogens with zero attached hydrogens (tertiary/aromatic N) is 1. The molecule has 3 nitrogen and oxygen atoms in total. The molecule has 2 aromatic rings. The third kappa shape index (κ3) is 3.70. The van der Waals surface area contributed by atoms with Gasteiger partial charge in [0, 0.05) is 11.8 Å². The minimum atomic E-state index is -0.276. The first-order valence-corrected chi connectivity index (χ1v) is 7.92. The molecular formula is C14H14BrFN2OS. The maximum absolute atomic E-state index is 13.8. The van der Waals surface area contributed by atoms with Crippen LogP contribution < -0.4 is 5.56 Å². The van der Waals surface area contributed by atoms with Gasteiger partial charge in [-0.25, -0.2) is 9.37 Å². The summed E-state index contributed by atoms with van der Waals surface area (Å²) in [4.78, 5) is 18.6. The van der Waals surface area contributed by atoms with Crippen molar-refractivity contribution in [3.8, 4) is 0 Å². The van der Waals surface area contributed by atoms with Crippen LogP contribution in [-0.4, -0.2) is 9.97 Å². The van der Waals surface area contributed by atoms with E-state index in [0.29, 0.717) is 20.9 Å². The van der Waals surface area contributed by atoms with E-state index in [1.165, 1.54) is 17.8 Å². The highest BCUT2D eigenvalue weighted by molar-refractivity contribution is 9.10. The lowest BCUT2D eigenvalue weighted by Gasteiger charge is -2.07. The van der Waals surface area contributed by atoms with Crippen molar-refractivity contribution >= 4 is 27.7 Å². The Morgan fingerprint density at radius 2 is 2.20 bits per heavy atom. The molecule has 0 radical (unpaired) electrons. The number of nitrogens with one attached hydrogen (secondary N) is 1. The van der Waals surface area contributed by atoms with Gasteiger partial charge in [0.1, 0.15) is 5.82 Å². The summed E-state index contributed by atoms with van der Waals surface area (Å²) in [6.07, 6.45) is 0. The number of rotatable bonds is 4. The van der Waals surface area contributed by atoms with Gasteiger partial charge in [0.05, 0.1) is 10.2 Å². The maximum Gasteiger partial charge on any atom is 0.251 e. The lowest BCUT2D eigenvalue weighted by atomic mass is 10.1. The van der Waals surface area contributed by atoms with Crippen LogP contribution in [-0.2, 0) is 5.75 Å². The molecule has 0 amide bonds. The van der Waals surface area contributed by atoms with Gasteiger partial charge in [-0.15, -0.1) is 0 Å². The zero-order valence-electron chi connectivity index (χ0n) is 11.1. The maximum atomic E-state index is 13.8. The first kappa shape index (κ1) is 15.3. The predicted molar refractivity (Wildman–Crippen MR) is 82.6 cm³/mol. The Bertz CT molecular complexity index is 672. The molecule has 2 rings (SSSR count). The summed E-state index contributed by atoms with van der Waals surface area (Å²) in [6.45, 7) is 3.95. The van der Waals surface area contributed by atoms with Crippen LogP contribution in [0.1, 0.15) is 31.0 Å². The van der Waals surface area contributed by atoms with Gasteiger partial charge in [0.15, 0.2) is 5.16 Å². The van der Waals surface area contributed by atoms with E-state index in [2.05, 4.69) is 25.9 Å². The van der Waals surface area contributed by atoms with E-state index in [1.54, 1.807) is 18.2 Å². The Balaban J connectivity index is 2.19. The third-order valence-electron chi connectivity index (χ3n) is 2.73. The van der Waals surface area contributed by atoms with E-state index in [0.717, 1.165) is 5.69 Å². The van der Waals surface area contributed by atoms with Gasteiger partial charge < -0.3 is 4.98 Å². The Hall–Kier alpha value is -1.14.